The molecule has 1 N–H and O–H groups in total. The molecule has 0 aliphatic heterocycles. The molecule has 0 spiro atoms. The van der Waals surface area contributed by atoms with Crippen LogP contribution in [0.2, 0.25) is 0 Å². The van der Waals surface area contributed by atoms with Gasteiger partial charge in [-0.2, -0.15) is 0 Å². The van der Waals surface area contributed by atoms with E-state index in [1.807, 2.05) is 35.0 Å². The molecule has 9 heteroatoms. The van der Waals surface area contributed by atoms with Gasteiger partial charge in [-0.05, 0) is 78.9 Å². The zero-order chi connectivity index (χ0) is 26.7. The summed E-state index contributed by atoms with van der Waals surface area (Å²) >= 11 is 1.70. The number of hydrogen-bond donors (Lipinski definition) is 1. The van der Waals surface area contributed by atoms with Crippen LogP contribution in [0.3, 0.4) is 0 Å². The zero-order valence-electron chi connectivity index (χ0n) is 22.1. The van der Waals surface area contributed by atoms with Crippen molar-refractivity contribution in [2.45, 2.75) is 45.3 Å². The Kier molecular flexibility index (Phi) is 7.40. The van der Waals surface area contributed by atoms with Crippen LogP contribution in [0.25, 0.3) is 10.9 Å². The molecule has 3 aromatic heterocycles. The van der Waals surface area contributed by atoms with E-state index in [0.29, 0.717) is 24.5 Å². The molecule has 5 aromatic rings. The van der Waals surface area contributed by atoms with E-state index >= 15 is 0 Å². The molecule has 196 valence electrons. The van der Waals surface area contributed by atoms with Gasteiger partial charge in [0.15, 0.2) is 5.82 Å². The van der Waals surface area contributed by atoms with Gasteiger partial charge in [0.2, 0.25) is 0 Å². The monoisotopic (exact) mass is 528 g/mol. The summed E-state index contributed by atoms with van der Waals surface area (Å²) in [6, 6.07) is 21.7. The SMILES string of the molecule is COc1ccc2[nH]c(=O)c([C@@H](c3nnnn3C(C)(C)C)N(CCc3ccccc3)Cc3cccs3)cc2c1. The number of aromatic amines is 1. The Morgan fingerprint density at radius 1 is 1.08 bits per heavy atom. The third-order valence-electron chi connectivity index (χ3n) is 6.58. The molecule has 0 unspecified atom stereocenters. The normalized spacial score (nSPS) is 12.8. The van der Waals surface area contributed by atoms with Crippen LogP contribution in [0.4, 0.5) is 0 Å². The maximum absolute atomic E-state index is 13.7. The van der Waals surface area contributed by atoms with E-state index in [1.54, 1.807) is 18.4 Å². The van der Waals surface area contributed by atoms with Gasteiger partial charge < -0.3 is 9.72 Å². The first-order chi connectivity index (χ1) is 18.3. The average Bonchev–Trinajstić information content (AvgIpc) is 3.60. The molecule has 8 nitrogen and oxygen atoms in total. The van der Waals surface area contributed by atoms with Gasteiger partial charge in [0.25, 0.3) is 5.56 Å². The van der Waals surface area contributed by atoms with Crippen molar-refractivity contribution >= 4 is 22.2 Å². The average molecular weight is 529 g/mol. The number of methoxy groups -OCH3 is 1. The molecule has 2 aromatic carbocycles. The molecule has 0 aliphatic carbocycles. The minimum absolute atomic E-state index is 0.160. The minimum Gasteiger partial charge on any atom is -0.497 e. The molecule has 0 saturated heterocycles. The van der Waals surface area contributed by atoms with Crippen molar-refractivity contribution in [3.05, 3.63) is 104 Å². The fourth-order valence-electron chi connectivity index (χ4n) is 4.69. The summed E-state index contributed by atoms with van der Waals surface area (Å²) < 4.78 is 7.29. The molecule has 0 aliphatic rings. The highest BCUT2D eigenvalue weighted by molar-refractivity contribution is 7.09. The number of tetrazole rings is 1. The number of nitrogens with zero attached hydrogens (tertiary/aromatic N) is 5. The number of nitrogens with one attached hydrogen (secondary N) is 1. The largest absolute Gasteiger partial charge is 0.497 e. The summed E-state index contributed by atoms with van der Waals surface area (Å²) in [5.74, 6) is 1.36. The molecule has 0 bridgehead atoms. The summed E-state index contributed by atoms with van der Waals surface area (Å²) in [7, 11) is 1.64. The summed E-state index contributed by atoms with van der Waals surface area (Å²) in [6.07, 6.45) is 0.819. The molecule has 0 fully saturated rings. The fourth-order valence-corrected chi connectivity index (χ4v) is 5.42. The van der Waals surface area contributed by atoms with Crippen LogP contribution in [0, 0.1) is 0 Å². The number of benzene rings is 2. The van der Waals surface area contributed by atoms with Gasteiger partial charge in [0, 0.05) is 34.4 Å². The van der Waals surface area contributed by atoms with Crippen LogP contribution in [0.1, 0.15) is 48.6 Å². The summed E-state index contributed by atoms with van der Waals surface area (Å²) in [5.41, 5.74) is 2.04. The van der Waals surface area contributed by atoms with E-state index in [-0.39, 0.29) is 11.1 Å². The molecular formula is C29H32N6O2S. The molecule has 1 atom stereocenters. The molecule has 0 saturated carbocycles. The second-order valence-corrected chi connectivity index (χ2v) is 11.3. The number of rotatable bonds is 9. The van der Waals surface area contributed by atoms with E-state index in [0.717, 1.165) is 23.1 Å². The van der Waals surface area contributed by atoms with Crippen molar-refractivity contribution in [1.29, 1.82) is 0 Å². The highest BCUT2D eigenvalue weighted by atomic mass is 32.1. The van der Waals surface area contributed by atoms with Crippen LogP contribution < -0.4 is 10.3 Å². The van der Waals surface area contributed by atoms with Crippen LogP contribution in [-0.4, -0.2) is 43.7 Å². The summed E-state index contributed by atoms with van der Waals surface area (Å²) in [5, 5.41) is 15.9. The quantitative estimate of drug-likeness (QED) is 0.284. The van der Waals surface area contributed by atoms with E-state index in [2.05, 4.69) is 88.0 Å². The van der Waals surface area contributed by atoms with Crippen LogP contribution in [0.15, 0.2) is 76.9 Å². The third-order valence-corrected chi connectivity index (χ3v) is 7.44. The Morgan fingerprint density at radius 2 is 1.89 bits per heavy atom. The van der Waals surface area contributed by atoms with E-state index < -0.39 is 6.04 Å². The number of H-pyrrole nitrogens is 1. The fraction of sp³-hybridized carbons (Fsp3) is 0.310. The Balaban J connectivity index is 1.68. The van der Waals surface area contributed by atoms with Gasteiger partial charge in [-0.25, -0.2) is 4.68 Å². The third kappa shape index (κ3) is 5.54. The molecule has 3 heterocycles. The lowest BCUT2D eigenvalue weighted by Crippen LogP contribution is -2.38. The second-order valence-electron chi connectivity index (χ2n) is 10.3. The first kappa shape index (κ1) is 25.8. The summed E-state index contributed by atoms with van der Waals surface area (Å²) in [4.78, 5) is 20.3. The lowest BCUT2D eigenvalue weighted by Gasteiger charge is -2.32. The van der Waals surface area contributed by atoms with E-state index in [9.17, 15) is 4.79 Å². The number of aromatic nitrogens is 5. The van der Waals surface area contributed by atoms with Crippen molar-refractivity contribution in [2.75, 3.05) is 13.7 Å². The summed E-state index contributed by atoms with van der Waals surface area (Å²) in [6.45, 7) is 7.55. The standard InChI is InChI=1S/C29H32N6O2S/c1-29(2,3)35-27(31-32-33-35)26(24-18-21-17-22(37-4)12-13-25(21)30-28(24)36)34(19-23-11-8-16-38-23)15-14-20-9-6-5-7-10-20/h5-13,16-18,26H,14-15,19H2,1-4H3,(H,30,36)/t26-/m0/s1. The van der Waals surface area contributed by atoms with Gasteiger partial charge in [-0.15, -0.1) is 16.4 Å². The predicted octanol–water partition coefficient (Wildman–Crippen LogP) is 5.17. The molecular weight excluding hydrogens is 496 g/mol. The van der Waals surface area contributed by atoms with Crippen LogP contribution in [-0.2, 0) is 18.5 Å². The second kappa shape index (κ2) is 10.9. The highest BCUT2D eigenvalue weighted by Gasteiger charge is 2.33. The molecule has 5 rings (SSSR count). The Labute approximate surface area is 225 Å². The number of pyridine rings is 1. The van der Waals surface area contributed by atoms with Crippen molar-refractivity contribution in [3.8, 4) is 5.75 Å². The maximum Gasteiger partial charge on any atom is 0.253 e. The Bertz CT molecular complexity index is 1550. The lowest BCUT2D eigenvalue weighted by molar-refractivity contribution is 0.196. The first-order valence-corrected chi connectivity index (χ1v) is 13.5. The number of hydrogen-bond acceptors (Lipinski definition) is 7. The topological polar surface area (TPSA) is 88.9 Å². The van der Waals surface area contributed by atoms with Crippen LogP contribution >= 0.6 is 11.3 Å². The van der Waals surface area contributed by atoms with Gasteiger partial charge in [-0.3, -0.25) is 9.69 Å². The number of ether oxygens (including phenoxy) is 1. The highest BCUT2D eigenvalue weighted by Crippen LogP contribution is 2.32. The molecule has 0 radical (unpaired) electrons. The first-order valence-electron chi connectivity index (χ1n) is 12.6. The Hall–Kier alpha value is -3.82. The van der Waals surface area contributed by atoms with Gasteiger partial charge >= 0.3 is 0 Å². The Morgan fingerprint density at radius 3 is 2.61 bits per heavy atom. The van der Waals surface area contributed by atoms with Crippen molar-refractivity contribution in [1.82, 2.24) is 30.1 Å². The minimum atomic E-state index is -0.477. The van der Waals surface area contributed by atoms with Crippen molar-refractivity contribution in [3.63, 3.8) is 0 Å². The van der Waals surface area contributed by atoms with Gasteiger partial charge in [-0.1, -0.05) is 36.4 Å². The van der Waals surface area contributed by atoms with Gasteiger partial charge in [0.05, 0.1) is 12.6 Å². The van der Waals surface area contributed by atoms with Crippen molar-refractivity contribution in [2.24, 2.45) is 0 Å². The number of thiophene rings is 1. The predicted molar refractivity (Wildman–Crippen MR) is 151 cm³/mol. The smallest absolute Gasteiger partial charge is 0.253 e. The van der Waals surface area contributed by atoms with E-state index in [4.69, 9.17) is 4.74 Å². The lowest BCUT2D eigenvalue weighted by atomic mass is 10.0. The molecule has 38 heavy (non-hydrogen) atoms. The maximum atomic E-state index is 13.7. The van der Waals surface area contributed by atoms with E-state index in [1.165, 1.54) is 10.4 Å². The van der Waals surface area contributed by atoms with Crippen LogP contribution in [0.5, 0.6) is 5.75 Å². The van der Waals surface area contributed by atoms with Crippen molar-refractivity contribution < 1.29 is 4.74 Å². The molecule has 0 amide bonds. The zero-order valence-corrected chi connectivity index (χ0v) is 22.9. The van der Waals surface area contributed by atoms with Gasteiger partial charge in [0.1, 0.15) is 11.8 Å². The number of fused-ring (bicyclic) bond motifs is 1.